The molecule has 0 fully saturated rings. The molecule has 3 unspecified atom stereocenters. The van der Waals surface area contributed by atoms with Crippen LogP contribution < -0.4 is 20.7 Å². The van der Waals surface area contributed by atoms with Crippen molar-refractivity contribution in [3.63, 3.8) is 0 Å². The second kappa shape index (κ2) is 29.2. The molecule has 2 aromatic carbocycles. The highest BCUT2D eigenvalue weighted by atomic mass is 31.3. The zero-order valence-corrected chi connectivity index (χ0v) is 41.5. The minimum absolute atomic E-state index is 0.126. The predicted octanol–water partition coefficient (Wildman–Crippen LogP) is 10.8. The van der Waals surface area contributed by atoms with Gasteiger partial charge >= 0.3 is 41.3 Å². The third-order valence-electron chi connectivity index (χ3n) is 10.3. The average Bonchev–Trinajstić information content (AvgIpc) is 3.77. The van der Waals surface area contributed by atoms with Crippen LogP contribution in [0.4, 0.5) is 4.79 Å². The van der Waals surface area contributed by atoms with Crippen molar-refractivity contribution in [1.29, 1.82) is 0 Å². The number of aromatic nitrogens is 2. The number of carbonyl (C=O) groups excluding carboxylic acids is 2. The van der Waals surface area contributed by atoms with Crippen LogP contribution in [0.3, 0.4) is 0 Å². The molecule has 1 aliphatic rings. The first kappa shape index (κ1) is 56.6. The van der Waals surface area contributed by atoms with E-state index < -0.39 is 79.0 Å². The fourth-order valence-corrected chi connectivity index (χ4v) is 10.6. The number of aromatic amines is 1. The first-order chi connectivity index (χ1) is 32.5. The fraction of sp³-hybridized carbons (Fsp3) is 0.556. The quantitative estimate of drug-likeness (QED) is 0.0128. The molecule has 2 heterocycles. The van der Waals surface area contributed by atoms with Crippen molar-refractivity contribution < 1.29 is 74.2 Å². The molecule has 0 spiro atoms. The number of ether oxygens (including phenoxy) is 4. The van der Waals surface area contributed by atoms with Gasteiger partial charge < -0.3 is 28.7 Å². The molecular weight excluding hydrogens is 949 g/mol. The maximum absolute atomic E-state index is 13.9. The lowest BCUT2D eigenvalue weighted by Crippen LogP contribution is -2.33. The van der Waals surface area contributed by atoms with Crippen molar-refractivity contribution in [2.24, 2.45) is 0 Å². The molecule has 5 atom stereocenters. The topological polar surface area (TPSA) is 264 Å². The van der Waals surface area contributed by atoms with Gasteiger partial charge in [0.05, 0.1) is 26.4 Å². The van der Waals surface area contributed by atoms with Crippen LogP contribution in [0.1, 0.15) is 139 Å². The van der Waals surface area contributed by atoms with Gasteiger partial charge in [-0.05, 0) is 61.2 Å². The number of hydrogen-bond donors (Lipinski definition) is 3. The maximum Gasteiger partial charge on any atom is 0.513 e. The largest absolute Gasteiger partial charge is 0.513 e. The van der Waals surface area contributed by atoms with Gasteiger partial charge in [0.15, 0.2) is 6.23 Å². The van der Waals surface area contributed by atoms with Gasteiger partial charge in [-0.1, -0.05) is 128 Å². The van der Waals surface area contributed by atoms with Gasteiger partial charge in [-0.25, -0.2) is 23.3 Å². The van der Waals surface area contributed by atoms with Crippen molar-refractivity contribution in [2.45, 2.75) is 149 Å². The van der Waals surface area contributed by atoms with Crippen molar-refractivity contribution in [3.8, 4) is 11.5 Å². The van der Waals surface area contributed by atoms with Crippen LogP contribution >= 0.6 is 23.5 Å². The molecule has 0 bridgehead atoms. The van der Waals surface area contributed by atoms with E-state index in [2.05, 4.69) is 16.2 Å². The number of rotatable bonds is 33. The Hall–Kier alpha value is -4.03. The van der Waals surface area contributed by atoms with Crippen LogP contribution in [0.15, 0.2) is 76.5 Å². The second-order valence-electron chi connectivity index (χ2n) is 16.1. The molecule has 0 saturated heterocycles. The molecule has 20 nitrogen and oxygen atoms in total. The number of nitrogens with zero attached hydrogens (tertiary/aromatic N) is 1. The Balaban J connectivity index is 1.28. The number of esters is 1. The molecule has 0 saturated carbocycles. The van der Waals surface area contributed by atoms with Gasteiger partial charge in [0.2, 0.25) is 0 Å². The number of H-pyrrole nitrogens is 1. The Morgan fingerprint density at radius 3 is 1.76 bits per heavy atom. The monoisotopic (exact) mass is 1010 g/mol. The predicted molar refractivity (Wildman–Crippen MR) is 250 cm³/mol. The van der Waals surface area contributed by atoms with E-state index in [4.69, 9.17) is 36.8 Å². The van der Waals surface area contributed by atoms with Crippen molar-refractivity contribution in [2.75, 3.05) is 13.2 Å². The van der Waals surface area contributed by atoms with Gasteiger partial charge in [-0.15, -0.1) is 0 Å². The number of carbonyl (C=O) groups is 2. The zero-order valence-electron chi connectivity index (χ0n) is 38.9. The highest BCUT2D eigenvalue weighted by Gasteiger charge is 2.44. The van der Waals surface area contributed by atoms with Crippen LogP contribution in [-0.2, 0) is 63.4 Å². The highest BCUT2D eigenvalue weighted by molar-refractivity contribution is 7.67. The molecule has 1 aliphatic heterocycles. The molecule has 3 aromatic rings. The third kappa shape index (κ3) is 21.7. The Morgan fingerprint density at radius 1 is 0.676 bits per heavy atom. The molecule has 68 heavy (non-hydrogen) atoms. The minimum atomic E-state index is -5.82. The summed E-state index contributed by atoms with van der Waals surface area (Å²) in [5.41, 5.74) is -0.535. The first-order valence-electron chi connectivity index (χ1n) is 23.0. The summed E-state index contributed by atoms with van der Waals surface area (Å²) in [7, 11) is -16.5. The Kier molecular flexibility index (Phi) is 24.3. The molecule has 3 N–H and O–H groups in total. The third-order valence-corrected chi connectivity index (χ3v) is 14.9. The fourth-order valence-electron chi connectivity index (χ4n) is 6.58. The second-order valence-corrected chi connectivity index (χ2v) is 21.0. The summed E-state index contributed by atoms with van der Waals surface area (Å²) in [6.07, 6.45) is 18.2. The molecule has 378 valence electrons. The number of benzene rings is 2. The summed E-state index contributed by atoms with van der Waals surface area (Å²) in [4.78, 5) is 71.4. The molecular formula is C45H65N2O18P3. The summed E-state index contributed by atoms with van der Waals surface area (Å²) in [5, 5.41) is 0. The smallest absolute Gasteiger partial charge is 0.434 e. The van der Waals surface area contributed by atoms with E-state index >= 15 is 0 Å². The normalized spacial score (nSPS) is 17.2. The van der Waals surface area contributed by atoms with E-state index in [-0.39, 0.29) is 30.1 Å². The number of hydrogen-bond acceptors (Lipinski definition) is 16. The van der Waals surface area contributed by atoms with Gasteiger partial charge in [0.1, 0.15) is 17.6 Å². The summed E-state index contributed by atoms with van der Waals surface area (Å²) in [6.45, 7) is 3.97. The molecule has 0 aliphatic carbocycles. The molecule has 0 amide bonds. The SMILES string of the molecule is CCCCCCCCCCCCCCCOC(=O)Oc1ccc(COP(=O)(OCc2ccc(OC(=O)CCCC)cc2)OP(=O)(O)OP(=O)(O)OC[C@@H]2C=C[C@H](n3cc(C)c(=O)[nH]c3=O)O2)cc1. The highest BCUT2D eigenvalue weighted by Crippen LogP contribution is 2.69. The molecule has 23 heteroatoms. The van der Waals surface area contributed by atoms with E-state index in [1.165, 1.54) is 132 Å². The van der Waals surface area contributed by atoms with Crippen molar-refractivity contribution >= 4 is 35.6 Å². The summed E-state index contributed by atoms with van der Waals surface area (Å²) >= 11 is 0. The lowest BCUT2D eigenvalue weighted by atomic mass is 10.0. The maximum atomic E-state index is 13.9. The van der Waals surface area contributed by atoms with Crippen LogP contribution in [-0.4, -0.2) is 50.8 Å². The van der Waals surface area contributed by atoms with E-state index in [1.54, 1.807) is 0 Å². The van der Waals surface area contributed by atoms with E-state index in [0.29, 0.717) is 24.0 Å². The lowest BCUT2D eigenvalue weighted by Gasteiger charge is -2.22. The first-order valence-corrected chi connectivity index (χ1v) is 27.4. The molecule has 1 aromatic heterocycles. The standard InChI is InChI=1S/C45H65N2O18P3/c1-4-6-8-9-10-11-12-13-14-15-16-17-18-30-57-45(51)63-39-26-22-37(23-27-39)33-60-68(56,59-32-36-20-24-38(25-21-36)62-42(48)19-7-5-2)65-67(54,55)64-66(52,53)58-34-40-28-29-41(61-40)47-31-35(3)43(49)46-44(47)50/h20-29,31,40-41H,4-19,30,32-34H2,1-3H3,(H,52,53)(H,54,55)(H,46,49,50)/t40-,41+,68?/m0/s1. The number of phosphoric ester groups is 2. The van der Waals surface area contributed by atoms with Crippen LogP contribution in [0.2, 0.25) is 0 Å². The number of unbranched alkanes of at least 4 members (excludes halogenated alkanes) is 13. The Labute approximate surface area is 396 Å². The van der Waals surface area contributed by atoms with Gasteiger partial charge in [0, 0.05) is 18.2 Å². The minimum Gasteiger partial charge on any atom is -0.434 e. The number of phosphoric acid groups is 3. The van der Waals surface area contributed by atoms with Crippen molar-refractivity contribution in [1.82, 2.24) is 9.55 Å². The lowest BCUT2D eigenvalue weighted by molar-refractivity contribution is -0.134. The summed E-state index contributed by atoms with van der Waals surface area (Å²) < 4.78 is 87.2. The molecule has 0 radical (unpaired) electrons. The summed E-state index contributed by atoms with van der Waals surface area (Å²) in [6, 6.07) is 11.5. The van der Waals surface area contributed by atoms with E-state index in [0.717, 1.165) is 30.3 Å². The summed E-state index contributed by atoms with van der Waals surface area (Å²) in [5.74, 6) is -0.0805. The van der Waals surface area contributed by atoms with Gasteiger partial charge in [-0.3, -0.25) is 32.7 Å². The number of nitrogens with one attached hydrogen (secondary N) is 1. The van der Waals surface area contributed by atoms with Crippen molar-refractivity contribution in [3.05, 3.63) is 104 Å². The van der Waals surface area contributed by atoms with Crippen LogP contribution in [0.5, 0.6) is 11.5 Å². The van der Waals surface area contributed by atoms with E-state index in [9.17, 15) is 42.7 Å². The Bertz CT molecular complexity index is 2320. The van der Waals surface area contributed by atoms with Crippen LogP contribution in [0, 0.1) is 6.92 Å². The molecule has 4 rings (SSSR count). The van der Waals surface area contributed by atoms with Gasteiger partial charge in [-0.2, -0.15) is 8.62 Å². The zero-order chi connectivity index (χ0) is 49.4. The number of aryl methyl sites for hydroxylation is 1. The average molecular weight is 1010 g/mol. The van der Waals surface area contributed by atoms with Gasteiger partial charge in [0.25, 0.3) is 5.56 Å². The Morgan fingerprint density at radius 2 is 1.21 bits per heavy atom. The van der Waals surface area contributed by atoms with Crippen LogP contribution in [0.25, 0.3) is 0 Å². The van der Waals surface area contributed by atoms with E-state index in [1.807, 2.05) is 6.92 Å².